The van der Waals surface area contributed by atoms with E-state index in [2.05, 4.69) is 43.1 Å². The highest BCUT2D eigenvalue weighted by atomic mass is 79.9. The van der Waals surface area contributed by atoms with Gasteiger partial charge in [-0.25, -0.2) is 0 Å². The van der Waals surface area contributed by atoms with E-state index >= 15 is 0 Å². The van der Waals surface area contributed by atoms with Crippen molar-refractivity contribution in [3.05, 3.63) is 57.0 Å². The van der Waals surface area contributed by atoms with Crippen LogP contribution in [0.5, 0.6) is 0 Å². The molecule has 106 valence electrons. The summed E-state index contributed by atoms with van der Waals surface area (Å²) < 4.78 is 7.38. The van der Waals surface area contributed by atoms with Crippen LogP contribution in [-0.4, -0.2) is 5.16 Å². The molecule has 5 heteroatoms. The van der Waals surface area contributed by atoms with Crippen LogP contribution in [0.3, 0.4) is 0 Å². The van der Waals surface area contributed by atoms with Crippen molar-refractivity contribution in [1.29, 1.82) is 0 Å². The standard InChI is InChI=1S/C16H12Br2N2O/c1-9-3-2-4-10(7-9)14-15(21-20-16(14)19)12-8-11(17)5-6-13(12)18/h2-8H,1H3,(H2,19,20). The summed E-state index contributed by atoms with van der Waals surface area (Å²) in [5, 5.41) is 3.94. The van der Waals surface area contributed by atoms with Gasteiger partial charge in [0.25, 0.3) is 0 Å². The fraction of sp³-hybridized carbons (Fsp3) is 0.0625. The fourth-order valence-corrected chi connectivity index (χ4v) is 3.03. The van der Waals surface area contributed by atoms with Crippen molar-refractivity contribution in [2.75, 3.05) is 5.73 Å². The highest BCUT2D eigenvalue weighted by molar-refractivity contribution is 9.11. The van der Waals surface area contributed by atoms with E-state index < -0.39 is 0 Å². The van der Waals surface area contributed by atoms with Crippen LogP contribution >= 0.6 is 31.9 Å². The van der Waals surface area contributed by atoms with Crippen molar-refractivity contribution in [3.63, 3.8) is 0 Å². The van der Waals surface area contributed by atoms with Crippen LogP contribution < -0.4 is 5.73 Å². The van der Waals surface area contributed by atoms with Gasteiger partial charge in [0.05, 0.1) is 5.56 Å². The summed E-state index contributed by atoms with van der Waals surface area (Å²) in [5.74, 6) is 1.05. The lowest BCUT2D eigenvalue weighted by Gasteiger charge is -2.06. The Bertz CT molecular complexity index is 812. The molecule has 2 N–H and O–H groups in total. The monoisotopic (exact) mass is 406 g/mol. The van der Waals surface area contributed by atoms with Gasteiger partial charge in [-0.15, -0.1) is 0 Å². The third-order valence-electron chi connectivity index (χ3n) is 3.20. The van der Waals surface area contributed by atoms with E-state index in [-0.39, 0.29) is 0 Å². The average Bonchev–Trinajstić information content (AvgIpc) is 2.83. The molecule has 0 aliphatic heterocycles. The molecule has 1 aromatic heterocycles. The second kappa shape index (κ2) is 5.66. The van der Waals surface area contributed by atoms with Gasteiger partial charge in [-0.3, -0.25) is 0 Å². The summed E-state index contributed by atoms with van der Waals surface area (Å²) >= 11 is 7.03. The number of aromatic nitrogens is 1. The largest absolute Gasteiger partial charge is 0.380 e. The van der Waals surface area contributed by atoms with Crippen molar-refractivity contribution >= 4 is 37.7 Å². The first-order valence-corrected chi connectivity index (χ1v) is 7.92. The van der Waals surface area contributed by atoms with Crippen molar-refractivity contribution in [3.8, 4) is 22.5 Å². The maximum Gasteiger partial charge on any atom is 0.178 e. The Balaban J connectivity index is 2.24. The number of hydrogen-bond acceptors (Lipinski definition) is 3. The van der Waals surface area contributed by atoms with E-state index in [1.165, 1.54) is 0 Å². The van der Waals surface area contributed by atoms with E-state index in [0.29, 0.717) is 11.6 Å². The number of hydrogen-bond donors (Lipinski definition) is 1. The van der Waals surface area contributed by atoms with Gasteiger partial charge in [0.2, 0.25) is 0 Å². The van der Waals surface area contributed by atoms with Gasteiger partial charge in [0.1, 0.15) is 0 Å². The minimum atomic E-state index is 0.391. The quantitative estimate of drug-likeness (QED) is 0.616. The second-order valence-corrected chi connectivity index (χ2v) is 6.54. The SMILES string of the molecule is Cc1cccc(-c2c(N)noc2-c2cc(Br)ccc2Br)c1. The van der Waals surface area contributed by atoms with Crippen molar-refractivity contribution in [2.24, 2.45) is 0 Å². The molecule has 3 nitrogen and oxygen atoms in total. The zero-order valence-corrected chi connectivity index (χ0v) is 14.4. The van der Waals surface area contributed by atoms with Crippen molar-refractivity contribution < 1.29 is 4.52 Å². The Kier molecular flexibility index (Phi) is 3.87. The molecular formula is C16H12Br2N2O. The first-order chi connectivity index (χ1) is 10.1. The molecule has 0 amide bonds. The van der Waals surface area contributed by atoms with Crippen LogP contribution in [0.25, 0.3) is 22.5 Å². The summed E-state index contributed by atoms with van der Waals surface area (Å²) in [6, 6.07) is 14.0. The smallest absolute Gasteiger partial charge is 0.178 e. The number of nitrogens with two attached hydrogens (primary N) is 1. The van der Waals surface area contributed by atoms with Gasteiger partial charge >= 0.3 is 0 Å². The van der Waals surface area contributed by atoms with Crippen LogP contribution in [-0.2, 0) is 0 Å². The van der Waals surface area contributed by atoms with E-state index in [9.17, 15) is 0 Å². The Morgan fingerprint density at radius 2 is 1.90 bits per heavy atom. The molecule has 3 rings (SSSR count). The van der Waals surface area contributed by atoms with Gasteiger partial charge in [-0.1, -0.05) is 66.8 Å². The van der Waals surface area contributed by atoms with Gasteiger partial charge in [0, 0.05) is 14.5 Å². The molecule has 0 unspecified atom stereocenters. The highest BCUT2D eigenvalue weighted by Crippen LogP contribution is 2.40. The van der Waals surface area contributed by atoms with Crippen LogP contribution in [0.2, 0.25) is 0 Å². The van der Waals surface area contributed by atoms with E-state index in [1.807, 2.05) is 43.3 Å². The number of nitrogens with zero attached hydrogens (tertiary/aromatic N) is 1. The fourth-order valence-electron chi connectivity index (χ4n) is 2.24. The Morgan fingerprint density at radius 3 is 2.67 bits per heavy atom. The average molecular weight is 408 g/mol. The summed E-state index contributed by atoms with van der Waals surface area (Å²) in [4.78, 5) is 0. The third-order valence-corrected chi connectivity index (χ3v) is 4.38. The number of anilines is 1. The van der Waals surface area contributed by atoms with E-state index in [0.717, 1.165) is 31.2 Å². The molecule has 3 aromatic rings. The topological polar surface area (TPSA) is 52.0 Å². The Morgan fingerprint density at radius 1 is 1.10 bits per heavy atom. The van der Waals surface area contributed by atoms with Crippen molar-refractivity contribution in [2.45, 2.75) is 6.92 Å². The van der Waals surface area contributed by atoms with Gasteiger partial charge in [-0.2, -0.15) is 0 Å². The first kappa shape index (κ1) is 14.4. The summed E-state index contributed by atoms with van der Waals surface area (Å²) in [6.45, 7) is 2.04. The molecule has 0 fully saturated rings. The van der Waals surface area contributed by atoms with E-state index in [1.54, 1.807) is 0 Å². The number of rotatable bonds is 2. The molecule has 0 saturated carbocycles. The number of aryl methyl sites for hydroxylation is 1. The van der Waals surface area contributed by atoms with E-state index in [4.69, 9.17) is 10.3 Å². The minimum absolute atomic E-state index is 0.391. The molecule has 0 spiro atoms. The number of nitrogen functional groups attached to an aromatic ring is 1. The molecule has 2 aromatic carbocycles. The lowest BCUT2D eigenvalue weighted by Crippen LogP contribution is -1.89. The molecule has 0 atom stereocenters. The zero-order valence-electron chi connectivity index (χ0n) is 11.2. The Hall–Kier alpha value is -1.59. The lowest BCUT2D eigenvalue weighted by molar-refractivity contribution is 0.436. The molecular weight excluding hydrogens is 396 g/mol. The summed E-state index contributed by atoms with van der Waals surface area (Å²) in [7, 11) is 0. The summed E-state index contributed by atoms with van der Waals surface area (Å²) in [5.41, 5.74) is 9.90. The van der Waals surface area contributed by atoms with Crippen molar-refractivity contribution in [1.82, 2.24) is 5.16 Å². The number of halogens is 2. The first-order valence-electron chi connectivity index (χ1n) is 6.34. The summed E-state index contributed by atoms with van der Waals surface area (Å²) in [6.07, 6.45) is 0. The second-order valence-electron chi connectivity index (χ2n) is 4.77. The number of benzene rings is 2. The van der Waals surface area contributed by atoms with Gasteiger partial charge in [-0.05, 0) is 30.7 Å². The molecule has 0 radical (unpaired) electrons. The lowest BCUT2D eigenvalue weighted by atomic mass is 10.00. The highest BCUT2D eigenvalue weighted by Gasteiger charge is 2.19. The molecule has 1 heterocycles. The van der Waals surface area contributed by atoms with Crippen LogP contribution in [0.1, 0.15) is 5.56 Å². The predicted molar refractivity (Wildman–Crippen MR) is 91.9 cm³/mol. The minimum Gasteiger partial charge on any atom is -0.380 e. The Labute approximate surface area is 139 Å². The molecule has 0 saturated heterocycles. The maximum atomic E-state index is 6.02. The van der Waals surface area contributed by atoms with Gasteiger partial charge < -0.3 is 10.3 Å². The molecule has 0 aliphatic carbocycles. The normalized spacial score (nSPS) is 10.8. The van der Waals surface area contributed by atoms with Crippen LogP contribution in [0.15, 0.2) is 55.9 Å². The third kappa shape index (κ3) is 2.76. The molecule has 0 bridgehead atoms. The molecule has 21 heavy (non-hydrogen) atoms. The van der Waals surface area contributed by atoms with Crippen LogP contribution in [0, 0.1) is 6.92 Å². The zero-order chi connectivity index (χ0) is 15.0. The predicted octanol–water partition coefficient (Wildman–Crippen LogP) is 5.42. The maximum absolute atomic E-state index is 6.02. The molecule has 0 aliphatic rings. The van der Waals surface area contributed by atoms with Crippen LogP contribution in [0.4, 0.5) is 5.82 Å². The van der Waals surface area contributed by atoms with Gasteiger partial charge in [0.15, 0.2) is 11.6 Å².